The minimum Gasteiger partial charge on any atom is -0.438 e. The van der Waals surface area contributed by atoms with Gasteiger partial charge in [0.25, 0.3) is 0 Å². The zero-order chi connectivity index (χ0) is 14.8. The van der Waals surface area contributed by atoms with Crippen LogP contribution in [0.2, 0.25) is 0 Å². The average molecular weight is 290 g/mol. The molecule has 0 aliphatic heterocycles. The predicted molar refractivity (Wildman–Crippen MR) is 83.7 cm³/mol. The lowest BCUT2D eigenvalue weighted by molar-refractivity contribution is 0.436. The summed E-state index contributed by atoms with van der Waals surface area (Å²) in [7, 11) is 0. The quantitative estimate of drug-likeness (QED) is 0.723. The van der Waals surface area contributed by atoms with Gasteiger partial charge < -0.3 is 4.74 Å². The maximum Gasteiger partial charge on any atom is 0.222 e. The Balaban J connectivity index is 2.36. The van der Waals surface area contributed by atoms with Gasteiger partial charge in [0.05, 0.1) is 0 Å². The number of hydrogen-bond acceptors (Lipinski definition) is 2. The van der Waals surface area contributed by atoms with Crippen molar-refractivity contribution in [2.24, 2.45) is 0 Å². The molecule has 2 nitrogen and oxygen atoms in total. The first-order chi connectivity index (χ1) is 9.41. The Kier molecular flexibility index (Phi) is 4.34. The summed E-state index contributed by atoms with van der Waals surface area (Å²) in [5.41, 5.74) is 3.19. The molecule has 0 radical (unpaired) electrons. The van der Waals surface area contributed by atoms with E-state index in [0.29, 0.717) is 11.8 Å². The van der Waals surface area contributed by atoms with Crippen LogP contribution in [0.1, 0.15) is 37.5 Å². The molecule has 0 amide bonds. The molecule has 20 heavy (non-hydrogen) atoms. The zero-order valence-corrected chi connectivity index (χ0v) is 13.2. The Morgan fingerprint density at radius 1 is 1.20 bits per heavy atom. The first kappa shape index (κ1) is 14.9. The lowest BCUT2D eigenvalue weighted by Gasteiger charge is -2.22. The van der Waals surface area contributed by atoms with Crippen molar-refractivity contribution in [2.75, 3.05) is 0 Å². The summed E-state index contributed by atoms with van der Waals surface area (Å²) in [5, 5.41) is 0. The van der Waals surface area contributed by atoms with Crippen molar-refractivity contribution in [3.63, 3.8) is 0 Å². The van der Waals surface area contributed by atoms with Crippen LogP contribution in [0, 0.1) is 6.92 Å². The standard InChI is InChI=1S/C17H20ClNO/c1-12-9-13(10-18)11-19-16(12)20-15-8-6-5-7-14(15)17(2,3)4/h5-9,11H,10H2,1-4H3. The predicted octanol–water partition coefficient (Wildman–Crippen LogP) is 5.22. The summed E-state index contributed by atoms with van der Waals surface area (Å²) in [6, 6.07) is 10.1. The minimum atomic E-state index is 0.0284. The highest BCUT2D eigenvalue weighted by molar-refractivity contribution is 6.17. The topological polar surface area (TPSA) is 22.1 Å². The lowest BCUT2D eigenvalue weighted by Crippen LogP contribution is -2.12. The maximum absolute atomic E-state index is 6.01. The molecule has 106 valence electrons. The first-order valence-electron chi connectivity index (χ1n) is 6.70. The van der Waals surface area contributed by atoms with Crippen LogP contribution in [0.15, 0.2) is 36.5 Å². The highest BCUT2D eigenvalue weighted by atomic mass is 35.5. The monoisotopic (exact) mass is 289 g/mol. The largest absolute Gasteiger partial charge is 0.438 e. The normalized spacial score (nSPS) is 11.4. The molecule has 0 bridgehead atoms. The molecule has 0 atom stereocenters. The van der Waals surface area contributed by atoms with Crippen molar-refractivity contribution in [3.05, 3.63) is 53.2 Å². The van der Waals surface area contributed by atoms with E-state index in [1.807, 2.05) is 31.2 Å². The SMILES string of the molecule is Cc1cc(CCl)cnc1Oc1ccccc1C(C)(C)C. The molecule has 2 rings (SSSR count). The van der Waals surface area contributed by atoms with Crippen molar-refractivity contribution in [1.29, 1.82) is 0 Å². The van der Waals surface area contributed by atoms with Gasteiger partial charge in [-0.2, -0.15) is 0 Å². The molecule has 2 aromatic rings. The number of nitrogens with zero attached hydrogens (tertiary/aromatic N) is 1. The molecular formula is C17H20ClNO. The summed E-state index contributed by atoms with van der Waals surface area (Å²) in [4.78, 5) is 4.36. The first-order valence-corrected chi connectivity index (χ1v) is 7.24. The van der Waals surface area contributed by atoms with Gasteiger partial charge in [-0.15, -0.1) is 11.6 Å². The molecule has 3 heteroatoms. The van der Waals surface area contributed by atoms with Crippen LogP contribution < -0.4 is 4.74 Å². The van der Waals surface area contributed by atoms with Gasteiger partial charge in [-0.3, -0.25) is 0 Å². The van der Waals surface area contributed by atoms with Gasteiger partial charge in [-0.25, -0.2) is 4.98 Å². The smallest absolute Gasteiger partial charge is 0.222 e. The maximum atomic E-state index is 6.01. The Morgan fingerprint density at radius 3 is 2.50 bits per heavy atom. The van der Waals surface area contributed by atoms with Crippen LogP contribution in [0.25, 0.3) is 0 Å². The third-order valence-corrected chi connectivity index (χ3v) is 3.45. The fourth-order valence-corrected chi connectivity index (χ4v) is 2.23. The van der Waals surface area contributed by atoms with Crippen molar-refractivity contribution in [1.82, 2.24) is 4.98 Å². The van der Waals surface area contributed by atoms with E-state index in [0.717, 1.165) is 16.9 Å². The number of alkyl halides is 1. The lowest BCUT2D eigenvalue weighted by atomic mass is 9.86. The van der Waals surface area contributed by atoms with Gasteiger partial charge in [0, 0.05) is 23.2 Å². The number of para-hydroxylation sites is 1. The fourth-order valence-electron chi connectivity index (χ4n) is 2.08. The van der Waals surface area contributed by atoms with E-state index >= 15 is 0 Å². The number of benzene rings is 1. The van der Waals surface area contributed by atoms with Crippen molar-refractivity contribution >= 4 is 11.6 Å². The molecule has 1 aromatic heterocycles. The highest BCUT2D eigenvalue weighted by Crippen LogP contribution is 2.34. The van der Waals surface area contributed by atoms with Gasteiger partial charge in [-0.1, -0.05) is 39.0 Å². The second-order valence-electron chi connectivity index (χ2n) is 5.95. The number of pyridine rings is 1. The zero-order valence-electron chi connectivity index (χ0n) is 12.4. The van der Waals surface area contributed by atoms with E-state index in [1.54, 1.807) is 6.20 Å². The molecule has 0 N–H and O–H groups in total. The third-order valence-electron chi connectivity index (χ3n) is 3.14. The second kappa shape index (κ2) is 5.84. The third kappa shape index (κ3) is 3.31. The van der Waals surface area contributed by atoms with Gasteiger partial charge >= 0.3 is 0 Å². The van der Waals surface area contributed by atoms with E-state index < -0.39 is 0 Å². The van der Waals surface area contributed by atoms with E-state index in [9.17, 15) is 0 Å². The second-order valence-corrected chi connectivity index (χ2v) is 6.21. The Morgan fingerprint density at radius 2 is 1.90 bits per heavy atom. The number of rotatable bonds is 3. The van der Waals surface area contributed by atoms with Gasteiger partial charge in [-0.05, 0) is 30.0 Å². The summed E-state index contributed by atoms with van der Waals surface area (Å²) >= 11 is 5.82. The molecule has 0 aliphatic rings. The molecular weight excluding hydrogens is 270 g/mol. The van der Waals surface area contributed by atoms with Crippen LogP contribution >= 0.6 is 11.6 Å². The van der Waals surface area contributed by atoms with E-state index in [1.165, 1.54) is 5.56 Å². The van der Waals surface area contributed by atoms with Gasteiger partial charge in [0.2, 0.25) is 5.88 Å². The number of halogens is 1. The number of ether oxygens (including phenoxy) is 1. The van der Waals surface area contributed by atoms with E-state index in [4.69, 9.17) is 16.3 Å². The molecule has 0 aliphatic carbocycles. The van der Waals surface area contributed by atoms with E-state index in [2.05, 4.69) is 31.8 Å². The average Bonchev–Trinajstić information content (AvgIpc) is 2.40. The summed E-state index contributed by atoms with van der Waals surface area (Å²) < 4.78 is 6.01. The van der Waals surface area contributed by atoms with Crippen LogP contribution in [-0.2, 0) is 11.3 Å². The van der Waals surface area contributed by atoms with Crippen molar-refractivity contribution < 1.29 is 4.74 Å². The molecule has 0 saturated carbocycles. The molecule has 0 spiro atoms. The summed E-state index contributed by atoms with van der Waals surface area (Å²) in [5.74, 6) is 1.96. The number of hydrogen-bond donors (Lipinski definition) is 0. The van der Waals surface area contributed by atoms with E-state index in [-0.39, 0.29) is 5.41 Å². The Hall–Kier alpha value is -1.54. The fraction of sp³-hybridized carbons (Fsp3) is 0.353. The van der Waals surface area contributed by atoms with Crippen LogP contribution in [0.3, 0.4) is 0 Å². The van der Waals surface area contributed by atoms with Gasteiger partial charge in [0.15, 0.2) is 0 Å². The molecule has 0 fully saturated rings. The van der Waals surface area contributed by atoms with Gasteiger partial charge in [0.1, 0.15) is 5.75 Å². The van der Waals surface area contributed by atoms with Crippen molar-refractivity contribution in [2.45, 2.75) is 39.0 Å². The van der Waals surface area contributed by atoms with Crippen LogP contribution in [-0.4, -0.2) is 4.98 Å². The minimum absolute atomic E-state index is 0.0284. The summed E-state index contributed by atoms with van der Waals surface area (Å²) in [6.45, 7) is 8.50. The highest BCUT2D eigenvalue weighted by Gasteiger charge is 2.19. The molecule has 0 unspecified atom stereocenters. The molecule has 1 aromatic carbocycles. The molecule has 0 saturated heterocycles. The molecule has 1 heterocycles. The number of aryl methyl sites for hydroxylation is 1. The van der Waals surface area contributed by atoms with Crippen LogP contribution in [0.4, 0.5) is 0 Å². The van der Waals surface area contributed by atoms with Crippen LogP contribution in [0.5, 0.6) is 11.6 Å². The summed E-state index contributed by atoms with van der Waals surface area (Å²) in [6.07, 6.45) is 1.76. The Labute approximate surface area is 125 Å². The Bertz CT molecular complexity index is 602. The number of aromatic nitrogens is 1. The van der Waals surface area contributed by atoms with Crippen molar-refractivity contribution in [3.8, 4) is 11.6 Å².